The van der Waals surface area contributed by atoms with Gasteiger partial charge in [0.05, 0.1) is 11.4 Å². The lowest BCUT2D eigenvalue weighted by molar-refractivity contribution is -0.189. The van der Waals surface area contributed by atoms with E-state index in [1.807, 2.05) is 30.3 Å². The van der Waals surface area contributed by atoms with Crippen LogP contribution in [0.2, 0.25) is 0 Å². The number of alkyl halides is 3. The Morgan fingerprint density at radius 2 is 1.19 bits per heavy atom. The van der Waals surface area contributed by atoms with Crippen LogP contribution in [0.3, 0.4) is 0 Å². The molecule has 0 aromatic carbocycles. The zero-order chi connectivity index (χ0) is 21.6. The summed E-state index contributed by atoms with van der Waals surface area (Å²) in [6.45, 7) is 0. The first kappa shape index (κ1) is 18.9. The van der Waals surface area contributed by atoms with Crippen molar-refractivity contribution in [3.05, 3.63) is 65.2 Å². The van der Waals surface area contributed by atoms with Crippen LogP contribution in [0.4, 0.5) is 13.2 Å². The minimum Gasteiger partial charge on any atom is -0.415 e. The van der Waals surface area contributed by atoms with Crippen LogP contribution in [0.15, 0.2) is 42.5 Å². The topological polar surface area (TPSA) is 83.7 Å². The van der Waals surface area contributed by atoms with Gasteiger partial charge in [0.2, 0.25) is 0 Å². The van der Waals surface area contributed by atoms with Crippen molar-refractivity contribution < 1.29 is 22.7 Å². The van der Waals surface area contributed by atoms with Crippen LogP contribution in [0, 0.1) is 0 Å². The molecular weight excluding hydrogens is 409 g/mol. The standard InChI is InChI=1S/C22H13F3N4O2/c23-22(24,25)21(30)31-20-18-7-5-16(28-18)10-14-3-1-12(26-14)9-13-2-4-15(27-13)11-17-6-8-19(20)29-17/h1-11,26-27H. The van der Waals surface area contributed by atoms with Crippen LogP contribution in [0.1, 0.15) is 22.8 Å². The van der Waals surface area contributed by atoms with Gasteiger partial charge in [-0.2, -0.15) is 13.2 Å². The summed E-state index contributed by atoms with van der Waals surface area (Å²) in [6, 6.07) is 12.9. The summed E-state index contributed by atoms with van der Waals surface area (Å²) < 4.78 is 43.2. The van der Waals surface area contributed by atoms with E-state index in [-0.39, 0.29) is 17.1 Å². The van der Waals surface area contributed by atoms with Gasteiger partial charge in [-0.25, -0.2) is 14.8 Å². The summed E-state index contributed by atoms with van der Waals surface area (Å²) in [7, 11) is 0. The number of ether oxygens (including phenoxy) is 1. The van der Waals surface area contributed by atoms with E-state index < -0.39 is 12.1 Å². The molecule has 3 aromatic rings. The third-order valence-electron chi connectivity index (χ3n) is 4.59. The molecule has 8 bridgehead atoms. The van der Waals surface area contributed by atoms with Crippen molar-refractivity contribution in [2.45, 2.75) is 6.18 Å². The van der Waals surface area contributed by atoms with Gasteiger partial charge < -0.3 is 14.7 Å². The Balaban J connectivity index is 1.80. The number of rotatable bonds is 1. The van der Waals surface area contributed by atoms with Gasteiger partial charge in [0.1, 0.15) is 11.4 Å². The fourth-order valence-corrected chi connectivity index (χ4v) is 3.24. The van der Waals surface area contributed by atoms with Crippen molar-refractivity contribution in [1.82, 2.24) is 19.9 Å². The molecule has 0 atom stereocenters. The second-order valence-corrected chi connectivity index (χ2v) is 6.90. The molecule has 9 heteroatoms. The van der Waals surface area contributed by atoms with Crippen molar-refractivity contribution in [2.75, 3.05) is 0 Å². The average Bonchev–Trinajstić information content (AvgIpc) is 3.49. The number of nitrogens with one attached hydrogen (secondary N) is 2. The number of fused-ring (bicyclic) bond motifs is 8. The zero-order valence-corrected chi connectivity index (χ0v) is 15.7. The number of carbonyl (C=O) groups is 1. The van der Waals surface area contributed by atoms with Gasteiger partial charge in [0.25, 0.3) is 0 Å². The number of H-pyrrole nitrogens is 2. The van der Waals surface area contributed by atoms with Crippen molar-refractivity contribution in [3.8, 4) is 5.75 Å². The molecule has 5 rings (SSSR count). The van der Waals surface area contributed by atoms with Crippen LogP contribution >= 0.6 is 0 Å². The van der Waals surface area contributed by atoms with Gasteiger partial charge >= 0.3 is 12.1 Å². The van der Waals surface area contributed by atoms with Gasteiger partial charge in [0, 0.05) is 22.1 Å². The molecule has 2 aliphatic heterocycles. The molecule has 0 fully saturated rings. The van der Waals surface area contributed by atoms with Crippen LogP contribution in [-0.2, 0) is 4.79 Å². The minimum absolute atomic E-state index is 0.0705. The van der Waals surface area contributed by atoms with Crippen LogP contribution < -0.4 is 4.74 Å². The van der Waals surface area contributed by atoms with E-state index in [9.17, 15) is 18.0 Å². The fraction of sp³-hybridized carbons (Fsp3) is 0.0455. The Hall–Kier alpha value is -4.14. The molecule has 0 unspecified atom stereocenters. The molecule has 0 saturated heterocycles. The van der Waals surface area contributed by atoms with Crippen molar-refractivity contribution in [3.63, 3.8) is 0 Å². The van der Waals surface area contributed by atoms with Crippen LogP contribution in [0.25, 0.3) is 46.4 Å². The summed E-state index contributed by atoms with van der Waals surface area (Å²) >= 11 is 0. The Kier molecular flexibility index (Phi) is 4.25. The number of aromatic nitrogens is 4. The number of nitrogens with zero attached hydrogens (tertiary/aromatic N) is 2. The fourth-order valence-electron chi connectivity index (χ4n) is 3.24. The molecule has 0 amide bonds. The van der Waals surface area contributed by atoms with Crippen molar-refractivity contribution in [1.29, 1.82) is 0 Å². The van der Waals surface area contributed by atoms with Crippen molar-refractivity contribution >= 4 is 52.3 Å². The van der Waals surface area contributed by atoms with Crippen LogP contribution in [0.5, 0.6) is 5.75 Å². The highest BCUT2D eigenvalue weighted by atomic mass is 19.4. The highest BCUT2D eigenvalue weighted by Crippen LogP contribution is 2.30. The number of hydrogen-bond acceptors (Lipinski definition) is 4. The first-order valence-electron chi connectivity index (χ1n) is 9.20. The van der Waals surface area contributed by atoms with Gasteiger partial charge in [-0.05, 0) is 66.8 Å². The normalized spacial score (nSPS) is 12.9. The lowest BCUT2D eigenvalue weighted by atomic mass is 10.3. The Labute approximate surface area is 172 Å². The Bertz CT molecular complexity index is 1340. The highest BCUT2D eigenvalue weighted by molar-refractivity contribution is 5.85. The highest BCUT2D eigenvalue weighted by Gasteiger charge is 2.42. The van der Waals surface area contributed by atoms with Crippen LogP contribution in [-0.4, -0.2) is 32.1 Å². The van der Waals surface area contributed by atoms with Gasteiger partial charge in [-0.1, -0.05) is 0 Å². The first-order valence-corrected chi connectivity index (χ1v) is 9.20. The Morgan fingerprint density at radius 1 is 0.742 bits per heavy atom. The molecule has 5 heterocycles. The summed E-state index contributed by atoms with van der Waals surface area (Å²) in [5, 5.41) is 0. The second-order valence-electron chi connectivity index (χ2n) is 6.90. The monoisotopic (exact) mass is 422 g/mol. The second kappa shape index (κ2) is 6.98. The third-order valence-corrected chi connectivity index (χ3v) is 4.59. The van der Waals surface area contributed by atoms with E-state index in [0.717, 1.165) is 22.1 Å². The minimum atomic E-state index is -5.15. The molecule has 154 valence electrons. The number of halogens is 3. The largest absolute Gasteiger partial charge is 0.491 e. The maximum atomic E-state index is 12.8. The summed E-state index contributed by atoms with van der Waals surface area (Å²) in [6.07, 6.45) is 1.04. The maximum Gasteiger partial charge on any atom is 0.491 e. The number of hydrogen-bond donors (Lipinski definition) is 2. The SMILES string of the molecule is O=C(Oc1c2nc(cc3ccc(cc4ccc(cc5nc1C=C5)[nH]4)[nH]3)C=C2)C(F)(F)F. The number of esters is 1. The van der Waals surface area contributed by atoms with E-state index in [2.05, 4.69) is 19.9 Å². The predicted octanol–water partition coefficient (Wildman–Crippen LogP) is 5.12. The smallest absolute Gasteiger partial charge is 0.415 e. The van der Waals surface area contributed by atoms with E-state index in [1.54, 1.807) is 24.3 Å². The molecule has 3 aromatic heterocycles. The molecule has 0 aliphatic carbocycles. The quantitative estimate of drug-likeness (QED) is 0.367. The first-order chi connectivity index (χ1) is 14.8. The number of carbonyl (C=O) groups excluding carboxylic acids is 1. The van der Waals surface area contributed by atoms with Gasteiger partial charge in [-0.15, -0.1) is 0 Å². The summed E-state index contributed by atoms with van der Waals surface area (Å²) in [4.78, 5) is 26.6. The molecule has 0 saturated carbocycles. The van der Waals surface area contributed by atoms with E-state index >= 15 is 0 Å². The molecule has 0 spiro atoms. The summed E-state index contributed by atoms with van der Waals surface area (Å²) in [5.74, 6) is -2.70. The molecular formula is C22H13F3N4O2. The van der Waals surface area contributed by atoms with E-state index in [1.165, 1.54) is 12.2 Å². The Morgan fingerprint density at radius 3 is 1.65 bits per heavy atom. The molecule has 6 nitrogen and oxygen atoms in total. The molecule has 2 aliphatic rings. The van der Waals surface area contributed by atoms with E-state index in [0.29, 0.717) is 11.4 Å². The average molecular weight is 422 g/mol. The van der Waals surface area contributed by atoms with Gasteiger partial charge in [0.15, 0.2) is 5.75 Å². The lowest BCUT2D eigenvalue weighted by Crippen LogP contribution is -2.28. The maximum absolute atomic E-state index is 12.8. The lowest BCUT2D eigenvalue weighted by Gasteiger charge is -2.08. The zero-order valence-electron chi connectivity index (χ0n) is 15.7. The van der Waals surface area contributed by atoms with E-state index in [4.69, 9.17) is 4.74 Å². The number of aromatic amines is 2. The molecule has 2 N–H and O–H groups in total. The third kappa shape index (κ3) is 3.85. The van der Waals surface area contributed by atoms with Gasteiger partial charge in [-0.3, -0.25) is 0 Å². The molecule has 31 heavy (non-hydrogen) atoms. The summed E-state index contributed by atoms with van der Waals surface area (Å²) in [5.41, 5.74) is 4.33. The molecule has 0 radical (unpaired) electrons. The predicted molar refractivity (Wildman–Crippen MR) is 111 cm³/mol. The van der Waals surface area contributed by atoms with Crippen molar-refractivity contribution in [2.24, 2.45) is 0 Å².